The first-order chi connectivity index (χ1) is 12.5. The molecule has 0 aliphatic heterocycles. The summed E-state index contributed by atoms with van der Waals surface area (Å²) in [6.45, 7) is 0. The molecule has 0 aliphatic rings. The lowest BCUT2D eigenvalue weighted by Crippen LogP contribution is -2.02. The number of Topliss-reactive ketones (excluding diaryl/α,β-unsaturated/α-hetero) is 1. The Labute approximate surface area is 160 Å². The molecule has 1 heterocycles. The van der Waals surface area contributed by atoms with Crippen molar-refractivity contribution in [2.75, 3.05) is 7.11 Å². The normalized spacial score (nSPS) is 11.2. The van der Waals surface area contributed by atoms with E-state index in [4.69, 9.17) is 27.9 Å². The Morgan fingerprint density at radius 2 is 1.88 bits per heavy atom. The molecule has 6 heteroatoms. The SMILES string of the molecule is COc1ccc2nc(Cl)c(/C=C(\C#N)C(=O)c3ccc(Cl)cc3)cc2c1. The average Bonchev–Trinajstić information content (AvgIpc) is 2.66. The summed E-state index contributed by atoms with van der Waals surface area (Å²) < 4.78 is 5.21. The third-order valence-electron chi connectivity index (χ3n) is 3.77. The molecule has 128 valence electrons. The lowest BCUT2D eigenvalue weighted by Gasteiger charge is -2.06. The van der Waals surface area contributed by atoms with E-state index in [2.05, 4.69) is 4.98 Å². The minimum Gasteiger partial charge on any atom is -0.497 e. The second-order valence-electron chi connectivity index (χ2n) is 5.43. The number of hydrogen-bond acceptors (Lipinski definition) is 4. The minimum atomic E-state index is -0.411. The highest BCUT2D eigenvalue weighted by Gasteiger charge is 2.14. The van der Waals surface area contributed by atoms with Crippen LogP contribution in [0.15, 0.2) is 54.1 Å². The number of ether oxygens (including phenoxy) is 1. The number of nitrogens with zero attached hydrogens (tertiary/aromatic N) is 2. The summed E-state index contributed by atoms with van der Waals surface area (Å²) in [4.78, 5) is 16.9. The van der Waals surface area contributed by atoms with Crippen molar-refractivity contribution in [1.82, 2.24) is 4.98 Å². The summed E-state index contributed by atoms with van der Waals surface area (Å²) in [5, 5.41) is 10.9. The Morgan fingerprint density at radius 1 is 1.15 bits per heavy atom. The first kappa shape index (κ1) is 17.9. The van der Waals surface area contributed by atoms with Crippen LogP contribution in [0.2, 0.25) is 10.2 Å². The standard InChI is InChI=1S/C20H12Cl2N2O2/c1-26-17-6-7-18-13(10-17)8-14(20(22)24-18)9-15(11-23)19(25)12-2-4-16(21)5-3-12/h2-10H,1H3/b15-9+. The fourth-order valence-corrected chi connectivity index (χ4v) is 2.76. The fourth-order valence-electron chi connectivity index (χ4n) is 2.44. The van der Waals surface area contributed by atoms with Gasteiger partial charge in [0.1, 0.15) is 22.5 Å². The van der Waals surface area contributed by atoms with Gasteiger partial charge in [-0.3, -0.25) is 4.79 Å². The van der Waals surface area contributed by atoms with Gasteiger partial charge in [-0.1, -0.05) is 23.2 Å². The predicted molar refractivity (Wildman–Crippen MR) is 103 cm³/mol. The maximum atomic E-state index is 12.5. The Balaban J connectivity index is 2.05. The second-order valence-corrected chi connectivity index (χ2v) is 6.23. The number of benzene rings is 2. The molecule has 2 aromatic carbocycles. The first-order valence-corrected chi connectivity index (χ1v) is 8.34. The number of aromatic nitrogens is 1. The highest BCUT2D eigenvalue weighted by Crippen LogP contribution is 2.26. The van der Waals surface area contributed by atoms with E-state index in [0.29, 0.717) is 27.4 Å². The van der Waals surface area contributed by atoms with Crippen LogP contribution in [-0.2, 0) is 0 Å². The Morgan fingerprint density at radius 3 is 2.54 bits per heavy atom. The Kier molecular flexibility index (Phi) is 5.22. The molecule has 0 fully saturated rings. The topological polar surface area (TPSA) is 63.0 Å². The summed E-state index contributed by atoms with van der Waals surface area (Å²) in [5.74, 6) is 0.264. The number of pyridine rings is 1. The second kappa shape index (κ2) is 7.57. The molecule has 3 aromatic rings. The molecule has 0 spiro atoms. The van der Waals surface area contributed by atoms with Gasteiger partial charge in [0.05, 0.1) is 12.6 Å². The molecule has 4 nitrogen and oxygen atoms in total. The highest BCUT2D eigenvalue weighted by molar-refractivity contribution is 6.32. The van der Waals surface area contributed by atoms with Gasteiger partial charge in [0, 0.05) is 21.5 Å². The van der Waals surface area contributed by atoms with Crippen LogP contribution in [0.25, 0.3) is 17.0 Å². The molecule has 0 N–H and O–H groups in total. The van der Waals surface area contributed by atoms with Gasteiger partial charge in [-0.2, -0.15) is 5.26 Å². The molecule has 0 unspecified atom stereocenters. The van der Waals surface area contributed by atoms with Crippen LogP contribution < -0.4 is 4.74 Å². The molecule has 0 radical (unpaired) electrons. The summed E-state index contributed by atoms with van der Waals surface area (Å²) in [7, 11) is 1.57. The number of rotatable bonds is 4. The van der Waals surface area contributed by atoms with Crippen molar-refractivity contribution >= 4 is 46.0 Å². The lowest BCUT2D eigenvalue weighted by atomic mass is 10.0. The van der Waals surface area contributed by atoms with Crippen LogP contribution in [0.3, 0.4) is 0 Å². The molecule has 0 atom stereocenters. The van der Waals surface area contributed by atoms with Gasteiger partial charge in [-0.15, -0.1) is 0 Å². The highest BCUT2D eigenvalue weighted by atomic mass is 35.5. The van der Waals surface area contributed by atoms with E-state index in [0.717, 1.165) is 5.39 Å². The molecular formula is C20H12Cl2N2O2. The van der Waals surface area contributed by atoms with Crippen LogP contribution in [0.4, 0.5) is 0 Å². The van der Waals surface area contributed by atoms with Crippen LogP contribution in [0.1, 0.15) is 15.9 Å². The predicted octanol–water partition coefficient (Wildman–Crippen LogP) is 5.34. The fraction of sp³-hybridized carbons (Fsp3) is 0.0500. The molecule has 0 saturated carbocycles. The minimum absolute atomic E-state index is 0.0433. The van der Waals surface area contributed by atoms with Crippen LogP contribution in [0.5, 0.6) is 5.75 Å². The number of allylic oxidation sites excluding steroid dienone is 1. The van der Waals surface area contributed by atoms with Gasteiger partial charge in [-0.25, -0.2) is 4.98 Å². The number of hydrogen-bond donors (Lipinski definition) is 0. The van der Waals surface area contributed by atoms with E-state index >= 15 is 0 Å². The quantitative estimate of drug-likeness (QED) is 0.264. The molecule has 3 rings (SSSR count). The van der Waals surface area contributed by atoms with E-state index in [1.54, 1.807) is 49.6 Å². The average molecular weight is 383 g/mol. The van der Waals surface area contributed by atoms with Gasteiger partial charge >= 0.3 is 0 Å². The molecule has 0 aliphatic carbocycles. The number of methoxy groups -OCH3 is 1. The van der Waals surface area contributed by atoms with Crippen molar-refractivity contribution in [3.63, 3.8) is 0 Å². The lowest BCUT2D eigenvalue weighted by molar-refractivity contribution is 0.104. The monoisotopic (exact) mass is 382 g/mol. The third-order valence-corrected chi connectivity index (χ3v) is 4.33. The Hall–Kier alpha value is -2.87. The molecule has 0 amide bonds. The maximum absolute atomic E-state index is 12.5. The number of halogens is 2. The summed E-state index contributed by atoms with van der Waals surface area (Å²) >= 11 is 12.1. The van der Waals surface area contributed by atoms with Crippen molar-refractivity contribution in [3.05, 3.63) is 75.4 Å². The largest absolute Gasteiger partial charge is 0.497 e. The number of fused-ring (bicyclic) bond motifs is 1. The molecule has 0 saturated heterocycles. The van der Waals surface area contributed by atoms with Crippen LogP contribution >= 0.6 is 23.2 Å². The summed E-state index contributed by atoms with van der Waals surface area (Å²) in [6, 6.07) is 15.4. The number of nitriles is 1. The van der Waals surface area contributed by atoms with Crippen molar-refractivity contribution in [2.24, 2.45) is 0 Å². The molecule has 1 aromatic heterocycles. The van der Waals surface area contributed by atoms with Crippen molar-refractivity contribution in [3.8, 4) is 11.8 Å². The van der Waals surface area contributed by atoms with E-state index in [1.807, 2.05) is 12.1 Å². The van der Waals surface area contributed by atoms with Crippen molar-refractivity contribution < 1.29 is 9.53 Å². The van der Waals surface area contributed by atoms with E-state index in [-0.39, 0.29) is 10.7 Å². The number of ketones is 1. The zero-order valence-electron chi connectivity index (χ0n) is 13.7. The van der Waals surface area contributed by atoms with Gasteiger partial charge < -0.3 is 4.74 Å². The van der Waals surface area contributed by atoms with E-state index in [1.165, 1.54) is 6.08 Å². The van der Waals surface area contributed by atoms with E-state index in [9.17, 15) is 10.1 Å². The number of carbonyl (C=O) groups excluding carboxylic acids is 1. The zero-order chi connectivity index (χ0) is 18.7. The molecule has 26 heavy (non-hydrogen) atoms. The smallest absolute Gasteiger partial charge is 0.203 e. The van der Waals surface area contributed by atoms with E-state index < -0.39 is 5.78 Å². The molecule has 0 bridgehead atoms. The first-order valence-electron chi connectivity index (χ1n) is 7.58. The van der Waals surface area contributed by atoms with Gasteiger partial charge in [0.2, 0.25) is 5.78 Å². The van der Waals surface area contributed by atoms with Gasteiger partial charge in [0.25, 0.3) is 0 Å². The van der Waals surface area contributed by atoms with Gasteiger partial charge in [0.15, 0.2) is 0 Å². The molecular weight excluding hydrogens is 371 g/mol. The summed E-state index contributed by atoms with van der Waals surface area (Å²) in [6.07, 6.45) is 1.44. The zero-order valence-corrected chi connectivity index (χ0v) is 15.2. The summed E-state index contributed by atoms with van der Waals surface area (Å²) in [5.41, 5.74) is 1.49. The maximum Gasteiger partial charge on any atom is 0.203 e. The van der Waals surface area contributed by atoms with Gasteiger partial charge in [-0.05, 0) is 54.6 Å². The van der Waals surface area contributed by atoms with Crippen molar-refractivity contribution in [1.29, 1.82) is 5.26 Å². The Bertz CT molecular complexity index is 1070. The third kappa shape index (κ3) is 3.70. The van der Waals surface area contributed by atoms with Crippen LogP contribution in [0, 0.1) is 11.3 Å². The number of carbonyl (C=O) groups is 1. The van der Waals surface area contributed by atoms with Crippen molar-refractivity contribution in [2.45, 2.75) is 0 Å². The van der Waals surface area contributed by atoms with Crippen LogP contribution in [-0.4, -0.2) is 17.9 Å².